The second-order valence-electron chi connectivity index (χ2n) is 4.28. The van der Waals surface area contributed by atoms with Crippen molar-refractivity contribution in [3.05, 3.63) is 23.8 Å². The highest BCUT2D eigenvalue weighted by Crippen LogP contribution is 2.30. The van der Waals surface area contributed by atoms with Crippen LogP contribution in [0.1, 0.15) is 12.0 Å². The zero-order chi connectivity index (χ0) is 14.5. The highest BCUT2D eigenvalue weighted by molar-refractivity contribution is 7.18. The van der Waals surface area contributed by atoms with E-state index >= 15 is 0 Å². The fourth-order valence-corrected chi connectivity index (χ4v) is 2.47. The molecule has 20 heavy (non-hydrogen) atoms. The lowest BCUT2D eigenvalue weighted by Crippen LogP contribution is -2.13. The van der Waals surface area contributed by atoms with Gasteiger partial charge in [-0.2, -0.15) is 0 Å². The van der Waals surface area contributed by atoms with Crippen molar-refractivity contribution in [2.24, 2.45) is 0 Å². The van der Waals surface area contributed by atoms with Crippen LogP contribution in [0.2, 0.25) is 0 Å². The zero-order valence-electron chi connectivity index (χ0n) is 11.3. The van der Waals surface area contributed by atoms with Crippen LogP contribution in [0.15, 0.2) is 18.2 Å². The van der Waals surface area contributed by atoms with E-state index in [9.17, 15) is 4.79 Å². The molecule has 3 N–H and O–H groups in total. The number of nitrogens with zero attached hydrogens (tertiary/aromatic N) is 2. The van der Waals surface area contributed by atoms with Gasteiger partial charge in [0.05, 0.1) is 13.0 Å². The van der Waals surface area contributed by atoms with Crippen molar-refractivity contribution < 1.29 is 9.53 Å². The molecule has 2 rings (SSSR count). The molecule has 106 valence electrons. The molecule has 0 spiro atoms. The molecule has 0 aliphatic carbocycles. The summed E-state index contributed by atoms with van der Waals surface area (Å²) in [5, 5.41) is 12.0. The second kappa shape index (κ2) is 6.44. The molecule has 0 fully saturated rings. The van der Waals surface area contributed by atoms with Gasteiger partial charge in [-0.3, -0.25) is 4.79 Å². The van der Waals surface area contributed by atoms with Gasteiger partial charge < -0.3 is 15.8 Å². The van der Waals surface area contributed by atoms with E-state index in [1.54, 1.807) is 7.11 Å². The molecule has 0 bridgehead atoms. The van der Waals surface area contributed by atoms with Crippen molar-refractivity contribution in [2.75, 3.05) is 24.8 Å². The Kier molecular flexibility index (Phi) is 4.65. The molecule has 0 aliphatic heterocycles. The molecule has 0 saturated heterocycles. The number of anilines is 2. The van der Waals surface area contributed by atoms with Gasteiger partial charge in [0.15, 0.2) is 0 Å². The molecule has 1 amide bonds. The number of aryl methyl sites for hydroxylation is 1. The van der Waals surface area contributed by atoms with Gasteiger partial charge in [-0.1, -0.05) is 17.4 Å². The van der Waals surface area contributed by atoms with Crippen LogP contribution < -0.4 is 11.1 Å². The fourth-order valence-electron chi connectivity index (χ4n) is 1.63. The highest BCUT2D eigenvalue weighted by atomic mass is 32.1. The largest absolute Gasteiger partial charge is 0.399 e. The van der Waals surface area contributed by atoms with Gasteiger partial charge >= 0.3 is 0 Å². The van der Waals surface area contributed by atoms with Gasteiger partial charge in [-0.25, -0.2) is 0 Å². The minimum absolute atomic E-state index is 0.140. The molecule has 7 heteroatoms. The number of hydrogen-bond acceptors (Lipinski definition) is 6. The zero-order valence-corrected chi connectivity index (χ0v) is 12.2. The number of carbonyl (C=O) groups is 1. The molecule has 0 saturated carbocycles. The molecule has 6 nitrogen and oxygen atoms in total. The first kappa shape index (κ1) is 14.4. The molecule has 1 aromatic carbocycles. The minimum Gasteiger partial charge on any atom is -0.399 e. The molecular weight excluding hydrogens is 276 g/mol. The number of nitrogen functional groups attached to an aromatic ring is 1. The van der Waals surface area contributed by atoms with E-state index in [1.807, 2.05) is 25.1 Å². The standard InChI is InChI=1S/C13H16N4O2S/c1-8-3-4-9(14)7-10(8)12-16-17-13(20-12)15-11(18)5-6-19-2/h3-4,7H,5-6,14H2,1-2H3,(H,15,17,18). The Bertz CT molecular complexity index is 612. The normalized spacial score (nSPS) is 10.5. The van der Waals surface area contributed by atoms with Crippen LogP contribution in [0.5, 0.6) is 0 Å². The van der Waals surface area contributed by atoms with E-state index in [0.29, 0.717) is 23.8 Å². The number of nitrogens with one attached hydrogen (secondary N) is 1. The van der Waals surface area contributed by atoms with Crippen molar-refractivity contribution >= 4 is 28.1 Å². The Balaban J connectivity index is 2.12. The average molecular weight is 292 g/mol. The Morgan fingerprint density at radius 2 is 2.25 bits per heavy atom. The summed E-state index contributed by atoms with van der Waals surface area (Å²) in [5.41, 5.74) is 8.45. The molecule has 2 aromatic rings. The molecule has 1 aromatic heterocycles. The Hall–Kier alpha value is -1.99. The SMILES string of the molecule is COCCC(=O)Nc1nnc(-c2cc(N)ccc2C)s1. The summed E-state index contributed by atoms with van der Waals surface area (Å²) in [6.07, 6.45) is 0.294. The molecular formula is C13H16N4O2S. The summed E-state index contributed by atoms with van der Waals surface area (Å²) >= 11 is 1.32. The van der Waals surface area contributed by atoms with E-state index in [-0.39, 0.29) is 5.91 Å². The maximum Gasteiger partial charge on any atom is 0.228 e. The Morgan fingerprint density at radius 1 is 1.45 bits per heavy atom. The van der Waals surface area contributed by atoms with Crippen LogP contribution in [0, 0.1) is 6.92 Å². The first-order valence-corrected chi connectivity index (χ1v) is 6.90. The van der Waals surface area contributed by atoms with Crippen LogP contribution in [-0.2, 0) is 9.53 Å². The van der Waals surface area contributed by atoms with Crippen LogP contribution >= 0.6 is 11.3 Å². The summed E-state index contributed by atoms with van der Waals surface area (Å²) in [4.78, 5) is 11.6. The van der Waals surface area contributed by atoms with Gasteiger partial charge in [0, 0.05) is 18.4 Å². The Labute approximate surface area is 121 Å². The topological polar surface area (TPSA) is 90.1 Å². The number of rotatable bonds is 5. The molecule has 0 unspecified atom stereocenters. The first-order chi connectivity index (χ1) is 9.60. The number of amides is 1. The summed E-state index contributed by atoms with van der Waals surface area (Å²) < 4.78 is 4.85. The number of methoxy groups -OCH3 is 1. The smallest absolute Gasteiger partial charge is 0.228 e. The molecule has 0 atom stereocenters. The van der Waals surface area contributed by atoms with Crippen LogP contribution in [-0.4, -0.2) is 29.8 Å². The average Bonchev–Trinajstić information content (AvgIpc) is 2.87. The molecule has 1 heterocycles. The Morgan fingerprint density at radius 3 is 3.00 bits per heavy atom. The van der Waals surface area contributed by atoms with Crippen molar-refractivity contribution in [1.29, 1.82) is 0 Å². The van der Waals surface area contributed by atoms with E-state index in [1.165, 1.54) is 11.3 Å². The quantitative estimate of drug-likeness (QED) is 0.823. The van der Waals surface area contributed by atoms with Gasteiger partial charge in [-0.15, -0.1) is 10.2 Å². The van der Waals surface area contributed by atoms with Gasteiger partial charge in [0.25, 0.3) is 0 Å². The van der Waals surface area contributed by atoms with Crippen LogP contribution in [0.25, 0.3) is 10.6 Å². The van der Waals surface area contributed by atoms with E-state index in [4.69, 9.17) is 10.5 Å². The third-order valence-electron chi connectivity index (χ3n) is 2.70. The third-order valence-corrected chi connectivity index (χ3v) is 3.57. The monoisotopic (exact) mass is 292 g/mol. The fraction of sp³-hybridized carbons (Fsp3) is 0.308. The van der Waals surface area contributed by atoms with E-state index < -0.39 is 0 Å². The van der Waals surface area contributed by atoms with E-state index in [0.717, 1.165) is 16.1 Å². The summed E-state index contributed by atoms with van der Waals surface area (Å²) in [7, 11) is 1.55. The van der Waals surface area contributed by atoms with Crippen molar-refractivity contribution in [2.45, 2.75) is 13.3 Å². The summed E-state index contributed by atoms with van der Waals surface area (Å²) in [5.74, 6) is -0.140. The molecule has 0 aliphatic rings. The predicted molar refractivity (Wildman–Crippen MR) is 79.6 cm³/mol. The minimum atomic E-state index is -0.140. The maximum absolute atomic E-state index is 11.6. The van der Waals surface area contributed by atoms with Crippen LogP contribution in [0.3, 0.4) is 0 Å². The van der Waals surface area contributed by atoms with Crippen molar-refractivity contribution in [3.63, 3.8) is 0 Å². The third kappa shape index (κ3) is 3.52. The summed E-state index contributed by atoms with van der Waals surface area (Å²) in [6.45, 7) is 2.36. The number of nitrogens with two attached hydrogens (primary N) is 1. The van der Waals surface area contributed by atoms with Crippen molar-refractivity contribution in [1.82, 2.24) is 10.2 Å². The highest BCUT2D eigenvalue weighted by Gasteiger charge is 2.11. The number of hydrogen-bond donors (Lipinski definition) is 2. The lowest BCUT2D eigenvalue weighted by molar-refractivity contribution is -0.117. The van der Waals surface area contributed by atoms with Gasteiger partial charge in [0.2, 0.25) is 11.0 Å². The maximum atomic E-state index is 11.6. The molecule has 0 radical (unpaired) electrons. The summed E-state index contributed by atoms with van der Waals surface area (Å²) in [6, 6.07) is 5.63. The van der Waals surface area contributed by atoms with E-state index in [2.05, 4.69) is 15.5 Å². The van der Waals surface area contributed by atoms with Crippen LogP contribution in [0.4, 0.5) is 10.8 Å². The van der Waals surface area contributed by atoms with Crippen molar-refractivity contribution in [3.8, 4) is 10.6 Å². The van der Waals surface area contributed by atoms with Gasteiger partial charge in [0.1, 0.15) is 5.01 Å². The number of benzene rings is 1. The lowest BCUT2D eigenvalue weighted by atomic mass is 10.1. The number of ether oxygens (including phenoxy) is 1. The number of carbonyl (C=O) groups excluding carboxylic acids is 1. The lowest BCUT2D eigenvalue weighted by Gasteiger charge is -2.02. The predicted octanol–water partition coefficient (Wildman–Crippen LogP) is 2.07. The van der Waals surface area contributed by atoms with Gasteiger partial charge in [-0.05, 0) is 24.6 Å². The second-order valence-corrected chi connectivity index (χ2v) is 5.26. The number of aromatic nitrogens is 2. The first-order valence-electron chi connectivity index (χ1n) is 6.09.